The molecule has 0 bridgehead atoms. The normalized spacial score (nSPS) is 10.8. The van der Waals surface area contributed by atoms with E-state index >= 15 is 0 Å². The van der Waals surface area contributed by atoms with Gasteiger partial charge < -0.3 is 15.2 Å². The van der Waals surface area contributed by atoms with E-state index in [2.05, 4.69) is 21.5 Å². The molecule has 0 amide bonds. The Morgan fingerprint density at radius 3 is 2.43 bits per heavy atom. The molecule has 1 unspecified atom stereocenters. The summed E-state index contributed by atoms with van der Waals surface area (Å²) >= 11 is 0. The maximum absolute atomic E-state index is 8.99. The van der Waals surface area contributed by atoms with Crippen molar-refractivity contribution in [2.24, 2.45) is 0 Å². The first-order valence-electron chi connectivity index (χ1n) is 4.25. The summed E-state index contributed by atoms with van der Waals surface area (Å²) in [5.74, 6) is 0. The molecule has 84 valence electrons. The summed E-state index contributed by atoms with van der Waals surface area (Å²) in [6.45, 7) is 3.91. The van der Waals surface area contributed by atoms with Gasteiger partial charge in [0.1, 0.15) is 0 Å². The molecular formula is C9H19NO4. The Balaban J connectivity index is 0. The minimum atomic E-state index is -0.366. The summed E-state index contributed by atoms with van der Waals surface area (Å²) in [5.41, 5.74) is 0. The molecule has 0 saturated carbocycles. The van der Waals surface area contributed by atoms with Gasteiger partial charge in [-0.2, -0.15) is 4.89 Å². The Hall–Kier alpha value is -0.800. The number of terminal acetylenes is 1. The number of hydrogen-bond donors (Lipinski definition) is 2. The number of aliphatic hydroxyl groups excluding tert-OH is 1. The smallest absolute Gasteiger partial charge is 0.153 e. The van der Waals surface area contributed by atoms with E-state index in [1.165, 1.54) is 7.11 Å². The van der Waals surface area contributed by atoms with Crippen molar-refractivity contribution in [3.63, 3.8) is 0 Å². The molecule has 0 saturated heterocycles. The van der Waals surface area contributed by atoms with Crippen molar-refractivity contribution in [2.45, 2.75) is 13.0 Å². The van der Waals surface area contributed by atoms with E-state index in [9.17, 15) is 0 Å². The van der Waals surface area contributed by atoms with E-state index in [-0.39, 0.29) is 6.10 Å². The van der Waals surface area contributed by atoms with Gasteiger partial charge in [-0.05, 0) is 6.54 Å². The quantitative estimate of drug-likeness (QED) is 0.356. The highest BCUT2D eigenvalue weighted by Gasteiger charge is 1.99. The second-order valence-corrected chi connectivity index (χ2v) is 2.28. The molecule has 5 heteroatoms. The summed E-state index contributed by atoms with van der Waals surface area (Å²) < 4.78 is 4.71. The van der Waals surface area contributed by atoms with Crippen molar-refractivity contribution >= 4 is 0 Å². The number of hydrogen-bond acceptors (Lipinski definition) is 5. The van der Waals surface area contributed by atoms with Gasteiger partial charge in [-0.25, -0.2) is 0 Å². The van der Waals surface area contributed by atoms with Gasteiger partial charge in [0.2, 0.25) is 0 Å². The van der Waals surface area contributed by atoms with Crippen molar-refractivity contribution in [1.82, 2.24) is 5.32 Å². The zero-order chi connectivity index (χ0) is 11.2. The van der Waals surface area contributed by atoms with E-state index in [0.29, 0.717) is 13.2 Å². The fourth-order valence-electron chi connectivity index (χ4n) is 0.610. The lowest BCUT2D eigenvalue weighted by Crippen LogP contribution is -2.29. The number of aliphatic hydroxyl groups is 1. The summed E-state index contributed by atoms with van der Waals surface area (Å²) in [6, 6.07) is 0. The van der Waals surface area contributed by atoms with Crippen LogP contribution in [0.1, 0.15) is 6.92 Å². The molecular weight excluding hydrogens is 186 g/mol. The van der Waals surface area contributed by atoms with Crippen LogP contribution in [0, 0.1) is 12.5 Å². The van der Waals surface area contributed by atoms with Crippen molar-refractivity contribution in [2.75, 3.05) is 33.9 Å². The summed E-state index contributed by atoms with van der Waals surface area (Å²) in [4.78, 5) is 7.82. The van der Waals surface area contributed by atoms with Gasteiger partial charge >= 0.3 is 0 Å². The largest absolute Gasteiger partial charge is 0.389 e. The zero-order valence-electron chi connectivity index (χ0n) is 8.95. The second-order valence-electron chi connectivity index (χ2n) is 2.28. The third-order valence-corrected chi connectivity index (χ3v) is 1.12. The molecule has 14 heavy (non-hydrogen) atoms. The number of likely N-dealkylation sites (N-methyl/N-ethyl adjacent to an activating group) is 1. The van der Waals surface area contributed by atoms with Gasteiger partial charge in [0.15, 0.2) is 6.11 Å². The highest BCUT2D eigenvalue weighted by molar-refractivity contribution is 4.64. The van der Waals surface area contributed by atoms with Crippen molar-refractivity contribution < 1.29 is 19.6 Å². The van der Waals surface area contributed by atoms with E-state index in [1.54, 1.807) is 13.2 Å². The standard InChI is InChI=1S/C6H15NO2.C3H4O2/c1-3-7-4-6(8)5-9-2;1-3-5-4-2/h6-8H,3-5H2,1-2H3;1H,2H3. The average molecular weight is 205 g/mol. The van der Waals surface area contributed by atoms with Crippen LogP contribution in [0.25, 0.3) is 0 Å². The van der Waals surface area contributed by atoms with Crippen LogP contribution in [0.3, 0.4) is 0 Å². The second kappa shape index (κ2) is 14.7. The number of ether oxygens (including phenoxy) is 1. The van der Waals surface area contributed by atoms with Crippen LogP contribution in [-0.4, -0.2) is 45.1 Å². The molecule has 1 atom stereocenters. The van der Waals surface area contributed by atoms with Crippen molar-refractivity contribution in [3.8, 4) is 12.5 Å². The predicted molar refractivity (Wildman–Crippen MR) is 53.4 cm³/mol. The molecule has 0 spiro atoms. The first-order chi connectivity index (χ1) is 6.72. The molecule has 0 aromatic heterocycles. The third-order valence-electron chi connectivity index (χ3n) is 1.12. The van der Waals surface area contributed by atoms with Gasteiger partial charge in [0.25, 0.3) is 0 Å². The van der Waals surface area contributed by atoms with Crippen LogP contribution in [-0.2, 0) is 14.5 Å². The van der Waals surface area contributed by atoms with Gasteiger partial charge in [0, 0.05) is 13.7 Å². The van der Waals surface area contributed by atoms with E-state index < -0.39 is 0 Å². The maximum Gasteiger partial charge on any atom is 0.153 e. The SMILES string of the molecule is C#COOC.CCNCC(O)COC. The first-order valence-corrected chi connectivity index (χ1v) is 4.25. The summed E-state index contributed by atoms with van der Waals surface area (Å²) in [5, 5.41) is 12.0. The summed E-state index contributed by atoms with van der Waals surface area (Å²) in [7, 11) is 2.93. The molecule has 0 fully saturated rings. The molecule has 0 aliphatic rings. The van der Waals surface area contributed by atoms with Crippen LogP contribution in [0.4, 0.5) is 0 Å². The molecule has 0 aliphatic heterocycles. The van der Waals surface area contributed by atoms with Gasteiger partial charge in [0.05, 0.1) is 19.8 Å². The lowest BCUT2D eigenvalue weighted by atomic mass is 10.4. The van der Waals surface area contributed by atoms with E-state index in [4.69, 9.17) is 9.84 Å². The molecule has 0 aliphatic carbocycles. The Kier molecular flexibility index (Phi) is 16.5. The van der Waals surface area contributed by atoms with Crippen molar-refractivity contribution in [1.29, 1.82) is 0 Å². The monoisotopic (exact) mass is 205 g/mol. The van der Waals surface area contributed by atoms with Crippen LogP contribution < -0.4 is 5.32 Å². The fourth-order valence-corrected chi connectivity index (χ4v) is 0.610. The van der Waals surface area contributed by atoms with Gasteiger partial charge in [-0.1, -0.05) is 13.3 Å². The topological polar surface area (TPSA) is 60.0 Å². The molecule has 0 aromatic rings. The van der Waals surface area contributed by atoms with Crippen LogP contribution in [0.2, 0.25) is 0 Å². The Labute approximate surface area is 85.3 Å². The molecule has 2 N–H and O–H groups in total. The van der Waals surface area contributed by atoms with Gasteiger partial charge in [-0.3, -0.25) is 4.89 Å². The number of nitrogens with one attached hydrogen (secondary N) is 1. The molecule has 0 rings (SSSR count). The molecule has 0 aromatic carbocycles. The average Bonchev–Trinajstić information content (AvgIpc) is 2.17. The highest BCUT2D eigenvalue weighted by atomic mass is 17.2. The van der Waals surface area contributed by atoms with Gasteiger partial charge in [-0.15, -0.1) is 0 Å². The number of rotatable bonds is 6. The van der Waals surface area contributed by atoms with E-state index in [1.807, 2.05) is 6.92 Å². The lowest BCUT2D eigenvalue weighted by molar-refractivity contribution is -0.209. The Morgan fingerprint density at radius 2 is 2.14 bits per heavy atom. The Morgan fingerprint density at radius 1 is 1.50 bits per heavy atom. The molecule has 0 heterocycles. The van der Waals surface area contributed by atoms with E-state index in [0.717, 1.165) is 6.54 Å². The minimum absolute atomic E-state index is 0.366. The molecule has 5 nitrogen and oxygen atoms in total. The van der Waals surface area contributed by atoms with Crippen LogP contribution >= 0.6 is 0 Å². The lowest BCUT2D eigenvalue weighted by Gasteiger charge is -2.08. The predicted octanol–water partition coefficient (Wildman–Crippen LogP) is -0.242. The first kappa shape index (κ1) is 15.7. The zero-order valence-corrected chi connectivity index (χ0v) is 8.95. The summed E-state index contributed by atoms with van der Waals surface area (Å²) in [6.07, 6.45) is 5.97. The van der Waals surface area contributed by atoms with Crippen LogP contribution in [0.5, 0.6) is 0 Å². The minimum Gasteiger partial charge on any atom is -0.389 e. The van der Waals surface area contributed by atoms with Crippen LogP contribution in [0.15, 0.2) is 0 Å². The Bertz CT molecular complexity index is 135. The number of methoxy groups -OCH3 is 1. The van der Waals surface area contributed by atoms with Crippen molar-refractivity contribution in [3.05, 3.63) is 0 Å². The highest BCUT2D eigenvalue weighted by Crippen LogP contribution is 1.79. The molecule has 0 radical (unpaired) electrons. The maximum atomic E-state index is 8.99. The fraction of sp³-hybridized carbons (Fsp3) is 0.778. The third kappa shape index (κ3) is 17.3.